The first-order valence-electron chi connectivity index (χ1n) is 9.12. The van der Waals surface area contributed by atoms with Gasteiger partial charge >= 0.3 is 0 Å². The zero-order valence-electron chi connectivity index (χ0n) is 16.8. The lowest BCUT2D eigenvalue weighted by molar-refractivity contribution is 0.100. The standard InChI is InChI=1S/C23H23NO4S/c1-16-8-14-21(15-9-16)29(26,27)24(22-7-5-6-17(2)18(22)3)23(25)19-10-12-20(28-4)13-11-19/h5-15H,1-4H3. The maximum absolute atomic E-state index is 13.5. The van der Waals surface area contributed by atoms with Crippen LogP contribution in [-0.2, 0) is 10.0 Å². The van der Waals surface area contributed by atoms with Gasteiger partial charge in [-0.3, -0.25) is 4.79 Å². The second kappa shape index (κ2) is 8.09. The predicted molar refractivity (Wildman–Crippen MR) is 114 cm³/mol. The number of rotatable bonds is 5. The quantitative estimate of drug-likeness (QED) is 0.615. The van der Waals surface area contributed by atoms with E-state index in [-0.39, 0.29) is 10.5 Å². The van der Waals surface area contributed by atoms with E-state index in [4.69, 9.17) is 4.74 Å². The van der Waals surface area contributed by atoms with Crippen LogP contribution in [-0.4, -0.2) is 21.4 Å². The van der Waals surface area contributed by atoms with Crippen LogP contribution in [0.1, 0.15) is 27.0 Å². The van der Waals surface area contributed by atoms with Crippen LogP contribution in [0.2, 0.25) is 0 Å². The summed E-state index contributed by atoms with van der Waals surface area (Å²) in [5.41, 5.74) is 3.15. The molecule has 3 aromatic carbocycles. The molecule has 0 saturated carbocycles. The summed E-state index contributed by atoms with van der Waals surface area (Å²) in [4.78, 5) is 13.5. The zero-order chi connectivity index (χ0) is 21.2. The Kier molecular flexibility index (Phi) is 5.75. The molecule has 0 heterocycles. The molecule has 0 aliphatic carbocycles. The largest absolute Gasteiger partial charge is 0.497 e. The normalized spacial score (nSPS) is 11.2. The zero-order valence-corrected chi connectivity index (χ0v) is 17.7. The number of nitrogens with zero attached hydrogens (tertiary/aromatic N) is 1. The summed E-state index contributed by atoms with van der Waals surface area (Å²) in [6.45, 7) is 5.57. The van der Waals surface area contributed by atoms with Crippen molar-refractivity contribution in [3.8, 4) is 5.75 Å². The fraction of sp³-hybridized carbons (Fsp3) is 0.174. The average Bonchev–Trinajstić information content (AvgIpc) is 2.71. The lowest BCUT2D eigenvalue weighted by Gasteiger charge is -2.25. The van der Waals surface area contributed by atoms with Crippen LogP contribution in [0.3, 0.4) is 0 Å². The van der Waals surface area contributed by atoms with E-state index in [9.17, 15) is 13.2 Å². The summed E-state index contributed by atoms with van der Waals surface area (Å²) in [5.74, 6) is -0.0387. The summed E-state index contributed by atoms with van der Waals surface area (Å²) < 4.78 is 33.1. The molecule has 3 aromatic rings. The summed E-state index contributed by atoms with van der Waals surface area (Å²) in [6, 6.07) is 18.1. The van der Waals surface area contributed by atoms with Gasteiger partial charge in [-0.2, -0.15) is 4.31 Å². The number of anilines is 1. The molecule has 150 valence electrons. The van der Waals surface area contributed by atoms with E-state index >= 15 is 0 Å². The van der Waals surface area contributed by atoms with E-state index in [2.05, 4.69) is 0 Å². The molecule has 0 saturated heterocycles. The number of methoxy groups -OCH3 is 1. The van der Waals surface area contributed by atoms with Crippen molar-refractivity contribution in [3.05, 3.63) is 89.0 Å². The van der Waals surface area contributed by atoms with Crippen molar-refractivity contribution in [1.29, 1.82) is 0 Å². The fourth-order valence-electron chi connectivity index (χ4n) is 2.97. The predicted octanol–water partition coefficient (Wildman–Crippen LogP) is 4.66. The number of ether oxygens (including phenoxy) is 1. The van der Waals surface area contributed by atoms with Crippen LogP contribution in [0, 0.1) is 20.8 Å². The van der Waals surface area contributed by atoms with Crippen LogP contribution >= 0.6 is 0 Å². The van der Waals surface area contributed by atoms with Gasteiger partial charge in [-0.05, 0) is 74.4 Å². The highest BCUT2D eigenvalue weighted by Crippen LogP contribution is 2.30. The first-order chi connectivity index (χ1) is 13.8. The highest BCUT2D eigenvalue weighted by atomic mass is 32.2. The van der Waals surface area contributed by atoms with E-state index in [0.717, 1.165) is 21.0 Å². The fourth-order valence-corrected chi connectivity index (χ4v) is 4.44. The number of hydrogen-bond donors (Lipinski definition) is 0. The molecule has 3 rings (SSSR count). The Labute approximate surface area is 171 Å². The molecule has 0 N–H and O–H groups in total. The summed E-state index contributed by atoms with van der Waals surface area (Å²) in [6.07, 6.45) is 0. The lowest BCUT2D eigenvalue weighted by atomic mass is 10.1. The molecule has 0 aromatic heterocycles. The second-order valence-corrected chi connectivity index (χ2v) is 8.62. The van der Waals surface area contributed by atoms with Crippen LogP contribution in [0.25, 0.3) is 0 Å². The molecule has 6 heteroatoms. The molecular formula is C23H23NO4S. The summed E-state index contributed by atoms with van der Waals surface area (Å²) >= 11 is 0. The van der Waals surface area contributed by atoms with Gasteiger partial charge in [-0.1, -0.05) is 29.8 Å². The van der Waals surface area contributed by atoms with E-state index in [0.29, 0.717) is 11.4 Å². The van der Waals surface area contributed by atoms with Crippen molar-refractivity contribution < 1.29 is 17.9 Å². The molecule has 29 heavy (non-hydrogen) atoms. The molecule has 0 atom stereocenters. The first-order valence-corrected chi connectivity index (χ1v) is 10.6. The van der Waals surface area contributed by atoms with Gasteiger partial charge in [0, 0.05) is 5.56 Å². The number of carbonyl (C=O) groups is 1. The van der Waals surface area contributed by atoms with Gasteiger partial charge in [0.25, 0.3) is 15.9 Å². The smallest absolute Gasteiger partial charge is 0.272 e. The average molecular weight is 410 g/mol. The van der Waals surface area contributed by atoms with Crippen LogP contribution in [0.5, 0.6) is 5.75 Å². The SMILES string of the molecule is COc1ccc(C(=O)N(c2cccc(C)c2C)S(=O)(=O)c2ccc(C)cc2)cc1. The number of amides is 1. The third-order valence-corrected chi connectivity index (χ3v) is 6.59. The number of sulfonamides is 1. The Morgan fingerprint density at radius 2 is 1.48 bits per heavy atom. The van der Waals surface area contributed by atoms with Gasteiger partial charge in [0.05, 0.1) is 17.7 Å². The van der Waals surface area contributed by atoms with E-state index < -0.39 is 15.9 Å². The molecule has 0 unspecified atom stereocenters. The first kappa shape index (κ1) is 20.6. The second-order valence-electron chi connectivity index (χ2n) is 6.84. The Balaban J connectivity index is 2.19. The summed E-state index contributed by atoms with van der Waals surface area (Å²) in [7, 11) is -2.59. The van der Waals surface area contributed by atoms with Gasteiger partial charge in [-0.25, -0.2) is 8.42 Å². The van der Waals surface area contributed by atoms with Gasteiger partial charge < -0.3 is 4.74 Å². The Hall–Kier alpha value is -3.12. The Morgan fingerprint density at radius 3 is 2.07 bits per heavy atom. The highest BCUT2D eigenvalue weighted by molar-refractivity contribution is 7.93. The number of carbonyl (C=O) groups excluding carboxylic acids is 1. The minimum absolute atomic E-state index is 0.0610. The molecule has 0 aliphatic heterocycles. The van der Waals surface area contributed by atoms with Crippen LogP contribution in [0.15, 0.2) is 71.6 Å². The third kappa shape index (κ3) is 4.03. The van der Waals surface area contributed by atoms with E-state index in [1.807, 2.05) is 26.8 Å². The minimum atomic E-state index is -4.12. The Morgan fingerprint density at radius 1 is 0.862 bits per heavy atom. The molecular weight excluding hydrogens is 386 g/mol. The minimum Gasteiger partial charge on any atom is -0.497 e. The Bertz CT molecular complexity index is 1130. The summed E-state index contributed by atoms with van der Waals surface area (Å²) in [5, 5.41) is 0. The van der Waals surface area contributed by atoms with Gasteiger partial charge in [0.15, 0.2) is 0 Å². The maximum atomic E-state index is 13.5. The molecule has 0 spiro atoms. The molecule has 0 bridgehead atoms. The van der Waals surface area contributed by atoms with Gasteiger partial charge in [0.2, 0.25) is 0 Å². The monoisotopic (exact) mass is 409 g/mol. The molecule has 0 aliphatic rings. The highest BCUT2D eigenvalue weighted by Gasteiger charge is 2.33. The molecule has 5 nitrogen and oxygen atoms in total. The van der Waals surface area contributed by atoms with Crippen molar-refractivity contribution in [2.75, 3.05) is 11.4 Å². The number of aryl methyl sites for hydroxylation is 2. The topological polar surface area (TPSA) is 63.7 Å². The molecule has 0 fully saturated rings. The van der Waals surface area contributed by atoms with Crippen molar-refractivity contribution >= 4 is 21.6 Å². The molecule has 0 radical (unpaired) electrons. The van der Waals surface area contributed by atoms with E-state index in [1.54, 1.807) is 48.5 Å². The van der Waals surface area contributed by atoms with Crippen LogP contribution in [0.4, 0.5) is 5.69 Å². The maximum Gasteiger partial charge on any atom is 0.272 e. The van der Waals surface area contributed by atoms with Crippen LogP contribution < -0.4 is 9.04 Å². The van der Waals surface area contributed by atoms with Crippen molar-refractivity contribution in [2.45, 2.75) is 25.7 Å². The third-order valence-electron chi connectivity index (χ3n) is 4.88. The van der Waals surface area contributed by atoms with Gasteiger partial charge in [0.1, 0.15) is 5.75 Å². The molecule has 1 amide bonds. The van der Waals surface area contributed by atoms with Crippen molar-refractivity contribution in [1.82, 2.24) is 0 Å². The van der Waals surface area contributed by atoms with Crippen molar-refractivity contribution in [3.63, 3.8) is 0 Å². The van der Waals surface area contributed by atoms with E-state index in [1.165, 1.54) is 19.2 Å². The lowest BCUT2D eigenvalue weighted by Crippen LogP contribution is -2.37. The number of hydrogen-bond acceptors (Lipinski definition) is 4. The van der Waals surface area contributed by atoms with Crippen molar-refractivity contribution in [2.24, 2.45) is 0 Å². The number of benzene rings is 3. The van der Waals surface area contributed by atoms with Gasteiger partial charge in [-0.15, -0.1) is 0 Å².